The Labute approximate surface area is 261 Å². The van der Waals surface area contributed by atoms with Crippen molar-refractivity contribution in [2.75, 3.05) is 67.5 Å². The Morgan fingerprint density at radius 1 is 1.07 bits per heavy atom. The van der Waals surface area contributed by atoms with E-state index in [1.807, 2.05) is 31.4 Å². The van der Waals surface area contributed by atoms with Gasteiger partial charge in [-0.15, -0.1) is 0 Å². The van der Waals surface area contributed by atoms with Crippen molar-refractivity contribution in [3.63, 3.8) is 0 Å². The first-order chi connectivity index (χ1) is 21.8. The number of methoxy groups -OCH3 is 1. The minimum atomic E-state index is -0.338. The standard InChI is InChI=1S/C32H36FN9O3/c1-5-32(43)38-25-15-26(29(44-4)16-28(25)41-9-7-39(2)8-10-41)37-30-17-31(35-20-34-30)42-27(6-11-45-42)22-12-21(13-24(33)14-22)23-18-36-40(3)19-23/h5,12-20,27H,1,6-11H2,2-4H3,(H,38,43)(H,34,35,37)/t27-/m1/s1. The summed E-state index contributed by atoms with van der Waals surface area (Å²) >= 11 is 0. The first kappa shape index (κ1) is 30.0. The second-order valence-corrected chi connectivity index (χ2v) is 11.1. The molecule has 2 saturated heterocycles. The SMILES string of the molecule is C=CC(=O)Nc1cc(Nc2cc(N3OCC[C@@H]3c3cc(F)cc(-c4cnn(C)c4)c3)ncn2)c(OC)cc1N1CCN(C)CC1. The number of benzene rings is 2. The Morgan fingerprint density at radius 3 is 2.62 bits per heavy atom. The molecule has 0 saturated carbocycles. The predicted octanol–water partition coefficient (Wildman–Crippen LogP) is 4.53. The van der Waals surface area contributed by atoms with Gasteiger partial charge >= 0.3 is 0 Å². The Hall–Kier alpha value is -5.01. The average Bonchev–Trinajstić information content (AvgIpc) is 3.71. The van der Waals surface area contributed by atoms with E-state index in [1.165, 1.54) is 24.5 Å². The second-order valence-electron chi connectivity index (χ2n) is 11.1. The van der Waals surface area contributed by atoms with Crippen molar-refractivity contribution in [1.29, 1.82) is 0 Å². The second kappa shape index (κ2) is 12.9. The number of rotatable bonds is 9. The number of halogens is 1. The van der Waals surface area contributed by atoms with Crippen LogP contribution in [0.4, 0.5) is 33.1 Å². The van der Waals surface area contributed by atoms with E-state index in [9.17, 15) is 9.18 Å². The van der Waals surface area contributed by atoms with E-state index >= 15 is 0 Å². The minimum absolute atomic E-state index is 0.267. The molecule has 2 aliphatic rings. The van der Waals surface area contributed by atoms with Crippen LogP contribution in [0, 0.1) is 5.82 Å². The van der Waals surface area contributed by atoms with Crippen molar-refractivity contribution < 1.29 is 18.8 Å². The van der Waals surface area contributed by atoms with Crippen LogP contribution in [-0.2, 0) is 16.7 Å². The maximum absolute atomic E-state index is 14.8. The summed E-state index contributed by atoms with van der Waals surface area (Å²) in [5, 5.41) is 12.2. The highest BCUT2D eigenvalue weighted by Crippen LogP contribution is 2.40. The van der Waals surface area contributed by atoms with Gasteiger partial charge in [0.1, 0.15) is 23.7 Å². The molecular weight excluding hydrogens is 577 g/mol. The van der Waals surface area contributed by atoms with Crippen LogP contribution in [0.5, 0.6) is 5.75 Å². The summed E-state index contributed by atoms with van der Waals surface area (Å²) in [7, 11) is 5.52. The lowest BCUT2D eigenvalue weighted by Gasteiger charge is -2.35. The Kier molecular flexibility index (Phi) is 8.62. The highest BCUT2D eigenvalue weighted by Gasteiger charge is 2.30. The highest BCUT2D eigenvalue weighted by atomic mass is 19.1. The maximum atomic E-state index is 14.8. The molecule has 2 fully saturated rings. The van der Waals surface area contributed by atoms with Crippen molar-refractivity contribution >= 4 is 34.6 Å². The molecule has 1 amide bonds. The lowest BCUT2D eigenvalue weighted by atomic mass is 9.99. The number of carbonyl (C=O) groups is 1. The van der Waals surface area contributed by atoms with Gasteiger partial charge in [-0.1, -0.05) is 6.58 Å². The van der Waals surface area contributed by atoms with Gasteiger partial charge in [0.15, 0.2) is 5.82 Å². The van der Waals surface area contributed by atoms with Crippen LogP contribution >= 0.6 is 0 Å². The number of anilines is 5. The number of aromatic nitrogens is 4. The molecule has 0 radical (unpaired) electrons. The first-order valence-corrected chi connectivity index (χ1v) is 14.7. The van der Waals surface area contributed by atoms with E-state index in [0.29, 0.717) is 41.8 Å². The quantitative estimate of drug-likeness (QED) is 0.261. The maximum Gasteiger partial charge on any atom is 0.247 e. The summed E-state index contributed by atoms with van der Waals surface area (Å²) in [4.78, 5) is 31.8. The van der Waals surface area contributed by atoms with Gasteiger partial charge in [-0.25, -0.2) is 19.4 Å². The number of aryl methyl sites for hydroxylation is 1. The van der Waals surface area contributed by atoms with Crippen molar-refractivity contribution in [3.8, 4) is 16.9 Å². The molecule has 45 heavy (non-hydrogen) atoms. The number of hydrogen-bond acceptors (Lipinski definition) is 10. The molecular formula is C32H36FN9O3. The van der Waals surface area contributed by atoms with Gasteiger partial charge in [-0.2, -0.15) is 5.10 Å². The fraction of sp³-hybridized carbons (Fsp3) is 0.312. The third kappa shape index (κ3) is 6.59. The fourth-order valence-corrected chi connectivity index (χ4v) is 5.64. The molecule has 2 aromatic carbocycles. The van der Waals surface area contributed by atoms with Gasteiger partial charge in [-0.3, -0.25) is 14.3 Å². The summed E-state index contributed by atoms with van der Waals surface area (Å²) in [5.74, 6) is 0.923. The molecule has 4 heterocycles. The largest absolute Gasteiger partial charge is 0.494 e. The van der Waals surface area contributed by atoms with Gasteiger partial charge in [0.2, 0.25) is 5.91 Å². The van der Waals surface area contributed by atoms with Crippen LogP contribution in [0.3, 0.4) is 0 Å². The molecule has 0 spiro atoms. The van der Waals surface area contributed by atoms with Crippen LogP contribution in [0.25, 0.3) is 11.1 Å². The van der Waals surface area contributed by atoms with Crippen LogP contribution in [0.15, 0.2) is 67.8 Å². The zero-order valence-electron chi connectivity index (χ0n) is 25.5. The number of nitrogens with zero attached hydrogens (tertiary/aromatic N) is 7. The molecule has 1 atom stereocenters. The third-order valence-electron chi connectivity index (χ3n) is 7.99. The first-order valence-electron chi connectivity index (χ1n) is 14.7. The third-order valence-corrected chi connectivity index (χ3v) is 7.99. The summed E-state index contributed by atoms with van der Waals surface area (Å²) in [6.07, 6.45) is 6.89. The molecule has 6 rings (SSSR count). The van der Waals surface area contributed by atoms with E-state index in [2.05, 4.69) is 49.1 Å². The Morgan fingerprint density at radius 2 is 1.89 bits per heavy atom. The van der Waals surface area contributed by atoms with Crippen LogP contribution in [0.2, 0.25) is 0 Å². The topological polar surface area (TPSA) is 113 Å². The molecule has 2 aromatic heterocycles. The molecule has 2 aliphatic heterocycles. The smallest absolute Gasteiger partial charge is 0.247 e. The van der Waals surface area contributed by atoms with Crippen LogP contribution < -0.4 is 25.3 Å². The van der Waals surface area contributed by atoms with Crippen molar-refractivity contribution in [3.05, 3.63) is 79.2 Å². The number of amides is 1. The summed E-state index contributed by atoms with van der Waals surface area (Å²) < 4.78 is 22.3. The zero-order chi connectivity index (χ0) is 31.5. The molecule has 0 aliphatic carbocycles. The lowest BCUT2D eigenvalue weighted by molar-refractivity contribution is -0.111. The average molecular weight is 614 g/mol. The summed E-state index contributed by atoms with van der Waals surface area (Å²) in [6.45, 7) is 7.48. The van der Waals surface area contributed by atoms with Crippen molar-refractivity contribution in [2.24, 2.45) is 7.05 Å². The normalized spacial score (nSPS) is 16.9. The van der Waals surface area contributed by atoms with Gasteiger partial charge < -0.3 is 25.2 Å². The molecule has 234 valence electrons. The van der Waals surface area contributed by atoms with Gasteiger partial charge in [-0.05, 0) is 48.5 Å². The number of hydrogen-bond donors (Lipinski definition) is 2. The van der Waals surface area contributed by atoms with Crippen molar-refractivity contribution in [2.45, 2.75) is 12.5 Å². The Bertz CT molecular complexity index is 1700. The molecule has 0 unspecified atom stereocenters. The summed E-state index contributed by atoms with van der Waals surface area (Å²) in [5.41, 5.74) is 4.42. The molecule has 13 heteroatoms. The van der Waals surface area contributed by atoms with Gasteiger partial charge in [0, 0.05) is 63.5 Å². The van der Waals surface area contributed by atoms with E-state index in [-0.39, 0.29) is 17.8 Å². The predicted molar refractivity (Wildman–Crippen MR) is 171 cm³/mol. The monoisotopic (exact) mass is 613 g/mol. The number of piperazine rings is 1. The number of likely N-dealkylation sites (N-methyl/N-ethyl adjacent to an activating group) is 1. The van der Waals surface area contributed by atoms with Crippen LogP contribution in [0.1, 0.15) is 18.0 Å². The van der Waals surface area contributed by atoms with Gasteiger partial charge in [0.25, 0.3) is 0 Å². The van der Waals surface area contributed by atoms with E-state index in [4.69, 9.17) is 9.57 Å². The number of hydroxylamine groups is 1. The van der Waals surface area contributed by atoms with E-state index < -0.39 is 0 Å². The van der Waals surface area contributed by atoms with E-state index in [1.54, 1.807) is 29.1 Å². The Balaban J connectivity index is 1.29. The number of ether oxygens (including phenoxy) is 1. The lowest BCUT2D eigenvalue weighted by Crippen LogP contribution is -2.44. The van der Waals surface area contributed by atoms with Crippen molar-refractivity contribution in [1.82, 2.24) is 24.6 Å². The van der Waals surface area contributed by atoms with E-state index in [0.717, 1.165) is 48.6 Å². The molecule has 12 nitrogen and oxygen atoms in total. The summed E-state index contributed by atoms with van der Waals surface area (Å²) in [6, 6.07) is 10.2. The number of nitrogens with one attached hydrogen (secondary N) is 2. The number of carbonyl (C=O) groups excluding carboxylic acids is 1. The molecule has 0 bridgehead atoms. The highest BCUT2D eigenvalue weighted by molar-refractivity contribution is 6.02. The van der Waals surface area contributed by atoms with Gasteiger partial charge in [0.05, 0.1) is 43.0 Å². The van der Waals surface area contributed by atoms with Crippen LogP contribution in [-0.4, -0.2) is 77.5 Å². The zero-order valence-corrected chi connectivity index (χ0v) is 25.5. The minimum Gasteiger partial charge on any atom is -0.494 e. The molecule has 2 N–H and O–H groups in total. The molecule has 4 aromatic rings. The fourth-order valence-electron chi connectivity index (χ4n) is 5.64.